The van der Waals surface area contributed by atoms with E-state index in [1.54, 1.807) is 18.2 Å². The summed E-state index contributed by atoms with van der Waals surface area (Å²) in [6, 6.07) is 6.09. The highest BCUT2D eigenvalue weighted by Gasteiger charge is 2.39. The number of carboxylic acids is 1. The molecule has 3 rings (SSSR count). The monoisotopic (exact) mass is 376 g/mol. The van der Waals surface area contributed by atoms with Crippen molar-refractivity contribution < 1.29 is 23.8 Å². The molecule has 0 aliphatic carbocycles. The van der Waals surface area contributed by atoms with Gasteiger partial charge in [-0.25, -0.2) is 14.1 Å². The van der Waals surface area contributed by atoms with Gasteiger partial charge in [-0.15, -0.1) is 5.10 Å². The van der Waals surface area contributed by atoms with E-state index in [1.165, 1.54) is 10.7 Å². The Morgan fingerprint density at radius 3 is 2.74 bits per heavy atom. The summed E-state index contributed by atoms with van der Waals surface area (Å²) >= 11 is 0. The van der Waals surface area contributed by atoms with Gasteiger partial charge in [-0.2, -0.15) is 0 Å². The van der Waals surface area contributed by atoms with Gasteiger partial charge in [0, 0.05) is 12.5 Å². The molecular weight excluding hydrogens is 355 g/mol. The SMILES string of the molecule is CC(C)c1nc(C(=O)NC2(CC(=O)O)CCOC2)nn1-c1ccccc1F. The lowest BCUT2D eigenvalue weighted by Gasteiger charge is -2.26. The van der Waals surface area contributed by atoms with Crippen LogP contribution < -0.4 is 5.32 Å². The average molecular weight is 376 g/mol. The van der Waals surface area contributed by atoms with E-state index in [9.17, 15) is 14.0 Å². The number of nitrogens with zero attached hydrogens (tertiary/aromatic N) is 3. The largest absolute Gasteiger partial charge is 0.481 e. The van der Waals surface area contributed by atoms with Crippen LogP contribution >= 0.6 is 0 Å². The summed E-state index contributed by atoms with van der Waals surface area (Å²) in [5.41, 5.74) is -0.804. The van der Waals surface area contributed by atoms with Gasteiger partial charge in [0.25, 0.3) is 5.91 Å². The lowest BCUT2D eigenvalue weighted by Crippen LogP contribution is -2.50. The van der Waals surface area contributed by atoms with Crippen LogP contribution in [0.15, 0.2) is 24.3 Å². The Kier molecular flexibility index (Phi) is 5.22. The van der Waals surface area contributed by atoms with E-state index in [0.29, 0.717) is 18.9 Å². The number of hydrogen-bond acceptors (Lipinski definition) is 5. The number of nitrogens with one attached hydrogen (secondary N) is 1. The van der Waals surface area contributed by atoms with Crippen molar-refractivity contribution in [1.82, 2.24) is 20.1 Å². The molecular formula is C18H21FN4O4. The van der Waals surface area contributed by atoms with Crippen molar-refractivity contribution in [1.29, 1.82) is 0 Å². The highest BCUT2D eigenvalue weighted by atomic mass is 19.1. The van der Waals surface area contributed by atoms with Crippen LogP contribution in [0.4, 0.5) is 4.39 Å². The Hall–Kier alpha value is -2.81. The Morgan fingerprint density at radius 1 is 1.41 bits per heavy atom. The summed E-state index contributed by atoms with van der Waals surface area (Å²) in [5, 5.41) is 16.0. The van der Waals surface area contributed by atoms with E-state index >= 15 is 0 Å². The van der Waals surface area contributed by atoms with Crippen molar-refractivity contribution in [2.75, 3.05) is 13.2 Å². The smallest absolute Gasteiger partial charge is 0.305 e. The quantitative estimate of drug-likeness (QED) is 0.797. The molecule has 0 radical (unpaired) electrons. The van der Waals surface area contributed by atoms with Crippen LogP contribution in [0, 0.1) is 5.82 Å². The summed E-state index contributed by atoms with van der Waals surface area (Å²) in [7, 11) is 0. The molecule has 1 aliphatic heterocycles. The van der Waals surface area contributed by atoms with Gasteiger partial charge in [-0.3, -0.25) is 9.59 Å². The van der Waals surface area contributed by atoms with Gasteiger partial charge < -0.3 is 15.2 Å². The number of amides is 1. The third-order valence-electron chi connectivity index (χ3n) is 4.40. The predicted molar refractivity (Wildman–Crippen MR) is 93.3 cm³/mol. The van der Waals surface area contributed by atoms with E-state index in [4.69, 9.17) is 9.84 Å². The molecule has 1 aromatic carbocycles. The first-order valence-corrected chi connectivity index (χ1v) is 8.65. The summed E-state index contributed by atoms with van der Waals surface area (Å²) in [6.07, 6.45) is 0.125. The van der Waals surface area contributed by atoms with Crippen LogP contribution in [-0.4, -0.2) is 50.5 Å². The molecule has 1 unspecified atom stereocenters. The second-order valence-electron chi connectivity index (χ2n) is 6.92. The van der Waals surface area contributed by atoms with E-state index < -0.39 is 23.2 Å². The first kappa shape index (κ1) is 19.0. The van der Waals surface area contributed by atoms with Crippen molar-refractivity contribution in [3.05, 3.63) is 41.7 Å². The van der Waals surface area contributed by atoms with Crippen LogP contribution in [0.25, 0.3) is 5.69 Å². The number of halogens is 1. The summed E-state index contributed by atoms with van der Waals surface area (Å²) in [5.74, 6) is -1.95. The summed E-state index contributed by atoms with van der Waals surface area (Å²) in [6.45, 7) is 4.19. The molecule has 27 heavy (non-hydrogen) atoms. The first-order chi connectivity index (χ1) is 12.8. The maximum atomic E-state index is 14.2. The number of rotatable bonds is 6. The third-order valence-corrected chi connectivity index (χ3v) is 4.40. The fraction of sp³-hybridized carbons (Fsp3) is 0.444. The zero-order chi connectivity index (χ0) is 19.6. The van der Waals surface area contributed by atoms with E-state index in [1.807, 2.05) is 13.8 Å². The molecule has 1 atom stereocenters. The lowest BCUT2D eigenvalue weighted by molar-refractivity contribution is -0.138. The van der Waals surface area contributed by atoms with Crippen LogP contribution in [0.3, 0.4) is 0 Å². The second-order valence-corrected chi connectivity index (χ2v) is 6.92. The maximum Gasteiger partial charge on any atom is 0.305 e. The van der Waals surface area contributed by atoms with Crippen molar-refractivity contribution in [3.8, 4) is 5.69 Å². The fourth-order valence-electron chi connectivity index (χ4n) is 3.07. The highest BCUT2D eigenvalue weighted by molar-refractivity contribution is 5.91. The topological polar surface area (TPSA) is 106 Å². The predicted octanol–water partition coefficient (Wildman–Crippen LogP) is 1.89. The standard InChI is InChI=1S/C18H21FN4O4/c1-11(2)16-20-15(22-23(16)13-6-4-3-5-12(13)19)17(26)21-18(9-14(24)25)7-8-27-10-18/h3-6,11H,7-10H2,1-2H3,(H,21,26)(H,24,25). The molecule has 2 N–H and O–H groups in total. The highest BCUT2D eigenvalue weighted by Crippen LogP contribution is 2.24. The summed E-state index contributed by atoms with van der Waals surface area (Å²) < 4.78 is 20.8. The molecule has 1 fully saturated rings. The number of para-hydroxylation sites is 1. The molecule has 0 bridgehead atoms. The number of hydrogen-bond donors (Lipinski definition) is 2. The molecule has 144 valence electrons. The Balaban J connectivity index is 1.93. The maximum absolute atomic E-state index is 14.2. The first-order valence-electron chi connectivity index (χ1n) is 8.65. The second kappa shape index (κ2) is 7.43. The van der Waals surface area contributed by atoms with Gasteiger partial charge in [-0.05, 0) is 18.6 Å². The number of aromatic nitrogens is 3. The van der Waals surface area contributed by atoms with Gasteiger partial charge >= 0.3 is 5.97 Å². The molecule has 0 spiro atoms. The number of carbonyl (C=O) groups excluding carboxylic acids is 1. The minimum atomic E-state index is -1.03. The van der Waals surface area contributed by atoms with Gasteiger partial charge in [0.15, 0.2) is 0 Å². The average Bonchev–Trinajstić information content (AvgIpc) is 3.22. The molecule has 2 heterocycles. The number of ether oxygens (including phenoxy) is 1. The van der Waals surface area contributed by atoms with Crippen LogP contribution in [-0.2, 0) is 9.53 Å². The van der Waals surface area contributed by atoms with Gasteiger partial charge in [-0.1, -0.05) is 26.0 Å². The Morgan fingerprint density at radius 2 is 2.15 bits per heavy atom. The molecule has 0 saturated carbocycles. The fourth-order valence-corrected chi connectivity index (χ4v) is 3.07. The molecule has 9 heteroatoms. The van der Waals surface area contributed by atoms with Crippen LogP contribution in [0.5, 0.6) is 0 Å². The molecule has 1 aliphatic rings. The van der Waals surface area contributed by atoms with Crippen molar-refractivity contribution in [3.63, 3.8) is 0 Å². The molecule has 1 aromatic heterocycles. The Bertz CT molecular complexity index is 859. The molecule has 1 saturated heterocycles. The minimum Gasteiger partial charge on any atom is -0.481 e. The zero-order valence-electron chi connectivity index (χ0n) is 15.1. The van der Waals surface area contributed by atoms with E-state index in [2.05, 4.69) is 15.4 Å². The van der Waals surface area contributed by atoms with Crippen molar-refractivity contribution in [2.45, 2.75) is 38.1 Å². The summed E-state index contributed by atoms with van der Waals surface area (Å²) in [4.78, 5) is 28.1. The van der Waals surface area contributed by atoms with E-state index in [-0.39, 0.29) is 30.5 Å². The Labute approximate surface area is 155 Å². The normalized spacial score (nSPS) is 19.4. The third kappa shape index (κ3) is 3.97. The zero-order valence-corrected chi connectivity index (χ0v) is 15.1. The number of carbonyl (C=O) groups is 2. The van der Waals surface area contributed by atoms with Crippen molar-refractivity contribution in [2.24, 2.45) is 0 Å². The molecule has 8 nitrogen and oxygen atoms in total. The number of benzene rings is 1. The van der Waals surface area contributed by atoms with Gasteiger partial charge in [0.2, 0.25) is 5.82 Å². The number of aliphatic carboxylic acids is 1. The lowest BCUT2D eigenvalue weighted by atomic mass is 9.94. The van der Waals surface area contributed by atoms with Gasteiger partial charge in [0.1, 0.15) is 17.3 Å². The molecule has 2 aromatic rings. The molecule has 1 amide bonds. The van der Waals surface area contributed by atoms with Crippen LogP contribution in [0.2, 0.25) is 0 Å². The van der Waals surface area contributed by atoms with Gasteiger partial charge in [0.05, 0.1) is 18.6 Å². The van der Waals surface area contributed by atoms with E-state index in [0.717, 1.165) is 0 Å². The minimum absolute atomic E-state index is 0.107. The number of carboxylic acid groups (broad SMARTS) is 1. The van der Waals surface area contributed by atoms with Crippen LogP contribution in [0.1, 0.15) is 49.1 Å². The van der Waals surface area contributed by atoms with Crippen molar-refractivity contribution >= 4 is 11.9 Å².